The van der Waals surface area contributed by atoms with Crippen molar-refractivity contribution in [3.05, 3.63) is 35.4 Å². The van der Waals surface area contributed by atoms with Crippen LogP contribution in [0.5, 0.6) is 0 Å². The number of amides is 1. The summed E-state index contributed by atoms with van der Waals surface area (Å²) in [5.74, 6) is -0.0765. The van der Waals surface area contributed by atoms with Crippen molar-refractivity contribution >= 4 is 11.9 Å². The van der Waals surface area contributed by atoms with E-state index >= 15 is 0 Å². The average Bonchev–Trinajstić information content (AvgIpc) is 2.44. The summed E-state index contributed by atoms with van der Waals surface area (Å²) in [6.07, 6.45) is 0.301. The number of benzene rings is 1. The van der Waals surface area contributed by atoms with Gasteiger partial charge in [0.2, 0.25) is 0 Å². The minimum absolute atomic E-state index is 0.0765. The fourth-order valence-corrected chi connectivity index (χ4v) is 1.84. The molecule has 1 aromatic rings. The number of carbonyl (C=O) groups is 2. The lowest BCUT2D eigenvalue weighted by Gasteiger charge is -2.22. The lowest BCUT2D eigenvalue weighted by molar-refractivity contribution is 0.0500. The van der Waals surface area contributed by atoms with E-state index in [0.29, 0.717) is 17.5 Å². The van der Waals surface area contributed by atoms with Gasteiger partial charge in [-0.05, 0) is 39.3 Å². The van der Waals surface area contributed by atoms with Crippen LogP contribution in [0.4, 0.5) is 4.79 Å². The molecule has 1 N–H and O–H groups in total. The second kappa shape index (κ2) is 7.60. The molecular formula is C17H22N2O3. The fourth-order valence-electron chi connectivity index (χ4n) is 1.84. The molecule has 0 aromatic heterocycles. The maximum Gasteiger partial charge on any atom is 0.407 e. The van der Waals surface area contributed by atoms with Gasteiger partial charge < -0.3 is 10.1 Å². The topological polar surface area (TPSA) is 79.2 Å². The summed E-state index contributed by atoms with van der Waals surface area (Å²) in [6.45, 7) is 7.26. The van der Waals surface area contributed by atoms with Gasteiger partial charge in [0, 0.05) is 18.0 Å². The number of ketones is 1. The van der Waals surface area contributed by atoms with E-state index in [9.17, 15) is 9.59 Å². The Bertz CT molecular complexity index is 565. The first kappa shape index (κ1) is 17.7. The van der Waals surface area contributed by atoms with Gasteiger partial charge in [0.05, 0.1) is 11.6 Å². The van der Waals surface area contributed by atoms with E-state index in [1.165, 1.54) is 0 Å². The molecule has 1 atom stereocenters. The quantitative estimate of drug-likeness (QED) is 0.845. The molecule has 5 heteroatoms. The first-order chi connectivity index (χ1) is 10.2. The molecule has 0 heterocycles. The molecule has 0 radical (unpaired) electrons. The van der Waals surface area contributed by atoms with Crippen LogP contribution in [-0.4, -0.2) is 23.5 Å². The van der Waals surface area contributed by atoms with Crippen LogP contribution in [0.2, 0.25) is 0 Å². The maximum absolute atomic E-state index is 12.2. The first-order valence-corrected chi connectivity index (χ1v) is 7.28. The number of nitrogens with one attached hydrogen (secondary N) is 1. The maximum atomic E-state index is 12.2. The Balaban J connectivity index is 2.63. The van der Waals surface area contributed by atoms with Gasteiger partial charge in [0.25, 0.3) is 0 Å². The van der Waals surface area contributed by atoms with Crippen LogP contribution in [0.1, 0.15) is 56.5 Å². The summed E-state index contributed by atoms with van der Waals surface area (Å²) in [7, 11) is 0. The second-order valence-electron chi connectivity index (χ2n) is 6.07. The zero-order chi connectivity index (χ0) is 16.8. The molecular weight excluding hydrogens is 280 g/mol. The lowest BCUT2D eigenvalue weighted by Crippen LogP contribution is -2.39. The lowest BCUT2D eigenvalue weighted by atomic mass is 10.0. The van der Waals surface area contributed by atoms with E-state index < -0.39 is 11.7 Å². The van der Waals surface area contributed by atoms with E-state index in [-0.39, 0.29) is 18.2 Å². The Hall–Kier alpha value is -2.35. The number of nitrogens with zero attached hydrogens (tertiary/aromatic N) is 1. The van der Waals surface area contributed by atoms with Gasteiger partial charge in [0.15, 0.2) is 5.78 Å². The van der Waals surface area contributed by atoms with Crippen LogP contribution < -0.4 is 5.32 Å². The third-order valence-electron chi connectivity index (χ3n) is 2.98. The van der Waals surface area contributed by atoms with Crippen molar-refractivity contribution in [3.63, 3.8) is 0 Å². The molecule has 1 aromatic carbocycles. The molecule has 1 amide bonds. The van der Waals surface area contributed by atoms with E-state index in [4.69, 9.17) is 10.00 Å². The number of ether oxygens (including phenoxy) is 1. The Morgan fingerprint density at radius 2 is 1.86 bits per heavy atom. The average molecular weight is 302 g/mol. The summed E-state index contributed by atoms with van der Waals surface area (Å²) >= 11 is 0. The Morgan fingerprint density at radius 1 is 1.27 bits per heavy atom. The minimum atomic E-state index is -0.570. The van der Waals surface area contributed by atoms with Gasteiger partial charge in [-0.25, -0.2) is 4.79 Å². The zero-order valence-corrected chi connectivity index (χ0v) is 13.5. The van der Waals surface area contributed by atoms with Crippen molar-refractivity contribution in [2.75, 3.05) is 0 Å². The predicted octanol–water partition coefficient (Wildman–Crippen LogP) is 3.43. The van der Waals surface area contributed by atoms with Crippen molar-refractivity contribution in [1.29, 1.82) is 5.26 Å². The zero-order valence-electron chi connectivity index (χ0n) is 13.5. The molecule has 0 fully saturated rings. The van der Waals surface area contributed by atoms with E-state index in [0.717, 1.165) is 0 Å². The van der Waals surface area contributed by atoms with Gasteiger partial charge >= 0.3 is 6.09 Å². The van der Waals surface area contributed by atoms with Crippen LogP contribution in [0, 0.1) is 11.3 Å². The van der Waals surface area contributed by atoms with Crippen molar-refractivity contribution < 1.29 is 14.3 Å². The summed E-state index contributed by atoms with van der Waals surface area (Å²) in [4.78, 5) is 24.0. The molecule has 118 valence electrons. The van der Waals surface area contributed by atoms with Gasteiger partial charge in [-0.2, -0.15) is 5.26 Å². The third kappa shape index (κ3) is 5.96. The molecule has 0 aliphatic heterocycles. The SMILES string of the molecule is CCC(CC(=O)c1ccc(C#N)cc1)NC(=O)OC(C)(C)C. The first-order valence-electron chi connectivity index (χ1n) is 7.28. The van der Waals surface area contributed by atoms with Crippen molar-refractivity contribution in [1.82, 2.24) is 5.32 Å². The standard InChI is InChI=1S/C17H22N2O3/c1-5-14(19-16(21)22-17(2,3)4)10-15(20)13-8-6-12(11-18)7-9-13/h6-9,14H,5,10H2,1-4H3,(H,19,21). The smallest absolute Gasteiger partial charge is 0.407 e. The number of rotatable bonds is 5. The molecule has 1 rings (SSSR count). The predicted molar refractivity (Wildman–Crippen MR) is 83.6 cm³/mol. The Morgan fingerprint density at radius 3 is 2.32 bits per heavy atom. The molecule has 1 unspecified atom stereocenters. The van der Waals surface area contributed by atoms with Crippen LogP contribution in [0.3, 0.4) is 0 Å². The van der Waals surface area contributed by atoms with E-state index in [1.54, 1.807) is 45.0 Å². The molecule has 0 saturated carbocycles. The van der Waals surface area contributed by atoms with Gasteiger partial charge in [-0.1, -0.05) is 19.1 Å². The number of hydrogen-bond acceptors (Lipinski definition) is 4. The summed E-state index contributed by atoms with van der Waals surface area (Å²) < 4.78 is 5.19. The van der Waals surface area contributed by atoms with E-state index in [1.807, 2.05) is 13.0 Å². The van der Waals surface area contributed by atoms with Crippen LogP contribution in [0.25, 0.3) is 0 Å². The van der Waals surface area contributed by atoms with Gasteiger partial charge in [-0.15, -0.1) is 0 Å². The molecule has 0 aliphatic rings. The van der Waals surface area contributed by atoms with Crippen molar-refractivity contribution in [3.8, 4) is 6.07 Å². The fraction of sp³-hybridized carbons (Fsp3) is 0.471. The molecule has 5 nitrogen and oxygen atoms in total. The molecule has 0 saturated heterocycles. The number of carbonyl (C=O) groups excluding carboxylic acids is 2. The van der Waals surface area contributed by atoms with Crippen molar-refractivity contribution in [2.24, 2.45) is 0 Å². The number of hydrogen-bond donors (Lipinski definition) is 1. The highest BCUT2D eigenvalue weighted by Crippen LogP contribution is 2.11. The van der Waals surface area contributed by atoms with Gasteiger partial charge in [0.1, 0.15) is 5.60 Å². The summed E-state index contributed by atoms with van der Waals surface area (Å²) in [6, 6.07) is 8.19. The Labute approximate surface area is 131 Å². The highest BCUT2D eigenvalue weighted by atomic mass is 16.6. The largest absolute Gasteiger partial charge is 0.444 e. The molecule has 0 spiro atoms. The molecule has 0 bridgehead atoms. The highest BCUT2D eigenvalue weighted by Gasteiger charge is 2.20. The van der Waals surface area contributed by atoms with Gasteiger partial charge in [-0.3, -0.25) is 4.79 Å². The van der Waals surface area contributed by atoms with Crippen molar-refractivity contribution in [2.45, 2.75) is 52.2 Å². The molecule has 22 heavy (non-hydrogen) atoms. The highest BCUT2D eigenvalue weighted by molar-refractivity contribution is 5.96. The van der Waals surface area contributed by atoms with Crippen LogP contribution in [-0.2, 0) is 4.74 Å². The summed E-state index contributed by atoms with van der Waals surface area (Å²) in [5.41, 5.74) is 0.471. The summed E-state index contributed by atoms with van der Waals surface area (Å²) in [5, 5.41) is 11.5. The van der Waals surface area contributed by atoms with Crippen LogP contribution in [0.15, 0.2) is 24.3 Å². The number of alkyl carbamates (subject to hydrolysis) is 1. The normalized spacial score (nSPS) is 12.1. The Kier molecular flexibility index (Phi) is 6.11. The molecule has 0 aliphatic carbocycles. The second-order valence-corrected chi connectivity index (χ2v) is 6.07. The monoisotopic (exact) mass is 302 g/mol. The van der Waals surface area contributed by atoms with E-state index in [2.05, 4.69) is 5.32 Å². The number of Topliss-reactive ketones (excluding diaryl/α,β-unsaturated/α-hetero) is 1. The third-order valence-corrected chi connectivity index (χ3v) is 2.98. The van der Waals surface area contributed by atoms with Crippen LogP contribution >= 0.6 is 0 Å². The number of nitriles is 1. The minimum Gasteiger partial charge on any atom is -0.444 e.